The maximum absolute atomic E-state index is 6.08. The van der Waals surface area contributed by atoms with Crippen LogP contribution in [0.3, 0.4) is 0 Å². The molecule has 0 bridgehead atoms. The minimum atomic E-state index is -0.326. The molecule has 92 valence electrons. The van der Waals surface area contributed by atoms with Gasteiger partial charge in [-0.3, -0.25) is 0 Å². The van der Waals surface area contributed by atoms with Gasteiger partial charge in [-0.2, -0.15) is 4.98 Å². The van der Waals surface area contributed by atoms with E-state index in [2.05, 4.69) is 10.1 Å². The summed E-state index contributed by atoms with van der Waals surface area (Å²) < 4.78 is 10.3. The fraction of sp³-hybridized carbons (Fsp3) is 0.800. The van der Waals surface area contributed by atoms with Gasteiger partial charge in [0.25, 0.3) is 0 Å². The molecule has 0 atom stereocenters. The maximum Gasteiger partial charge on any atom is 0.229 e. The first kappa shape index (κ1) is 13.4. The molecule has 1 aromatic heterocycles. The molecule has 16 heavy (non-hydrogen) atoms. The van der Waals surface area contributed by atoms with Crippen molar-refractivity contribution in [3.8, 4) is 0 Å². The van der Waals surface area contributed by atoms with Gasteiger partial charge in [0.05, 0.1) is 18.6 Å². The van der Waals surface area contributed by atoms with Crippen LogP contribution in [0.5, 0.6) is 0 Å². The molecule has 1 heterocycles. The number of aromatic nitrogens is 2. The van der Waals surface area contributed by atoms with Gasteiger partial charge in [0.1, 0.15) is 0 Å². The van der Waals surface area contributed by atoms with Crippen LogP contribution >= 0.6 is 12.4 Å². The average Bonchev–Trinajstić information content (AvgIpc) is 2.64. The predicted molar refractivity (Wildman–Crippen MR) is 61.5 cm³/mol. The minimum absolute atomic E-state index is 0. The first-order chi connectivity index (χ1) is 7.24. The van der Waals surface area contributed by atoms with Crippen molar-refractivity contribution in [2.45, 2.75) is 38.1 Å². The molecule has 0 aliphatic heterocycles. The summed E-state index contributed by atoms with van der Waals surface area (Å²) in [5.41, 5.74) is 5.75. The summed E-state index contributed by atoms with van der Waals surface area (Å²) in [5, 5.41) is 3.92. The molecule has 0 saturated heterocycles. The molecule has 2 rings (SSSR count). The van der Waals surface area contributed by atoms with Crippen LogP contribution < -0.4 is 5.73 Å². The van der Waals surface area contributed by atoms with E-state index >= 15 is 0 Å². The maximum atomic E-state index is 6.08. The van der Waals surface area contributed by atoms with Crippen molar-refractivity contribution in [2.75, 3.05) is 13.2 Å². The molecule has 1 saturated carbocycles. The largest absolute Gasteiger partial charge is 0.381 e. The molecule has 0 radical (unpaired) electrons. The van der Waals surface area contributed by atoms with E-state index in [1.165, 1.54) is 0 Å². The van der Waals surface area contributed by atoms with E-state index in [0.29, 0.717) is 31.3 Å². The van der Waals surface area contributed by atoms with E-state index in [-0.39, 0.29) is 17.9 Å². The van der Waals surface area contributed by atoms with Crippen LogP contribution in [0.1, 0.15) is 37.9 Å². The Hall–Kier alpha value is -0.650. The molecular formula is C10H18ClN3O2. The monoisotopic (exact) mass is 247 g/mol. The molecule has 2 N–H and O–H groups in total. The lowest BCUT2D eigenvalue weighted by Gasteiger charge is -2.34. The summed E-state index contributed by atoms with van der Waals surface area (Å²) in [6, 6.07) is 0. The fourth-order valence-corrected chi connectivity index (χ4v) is 1.64. The Balaban J connectivity index is 0.00000128. The molecule has 6 heteroatoms. The zero-order valence-corrected chi connectivity index (χ0v) is 10.3. The zero-order valence-electron chi connectivity index (χ0n) is 9.44. The molecular weight excluding hydrogens is 230 g/mol. The summed E-state index contributed by atoms with van der Waals surface area (Å²) in [6.45, 7) is 3.29. The SMILES string of the molecule is CCOCCc1nc(C2(N)CCC2)no1.Cl. The summed E-state index contributed by atoms with van der Waals surface area (Å²) in [5.74, 6) is 1.27. The lowest BCUT2D eigenvalue weighted by molar-refractivity contribution is 0.144. The van der Waals surface area contributed by atoms with Gasteiger partial charge in [0.15, 0.2) is 5.82 Å². The molecule has 0 aromatic carbocycles. The number of halogens is 1. The van der Waals surface area contributed by atoms with E-state index in [1.807, 2.05) is 6.92 Å². The fourth-order valence-electron chi connectivity index (χ4n) is 1.64. The second-order valence-electron chi connectivity index (χ2n) is 3.97. The Morgan fingerprint density at radius 2 is 2.25 bits per heavy atom. The highest BCUT2D eigenvalue weighted by Gasteiger charge is 2.38. The Labute approximate surface area is 101 Å². The Kier molecular flexibility index (Phi) is 4.70. The standard InChI is InChI=1S/C10H17N3O2.ClH/c1-2-14-7-4-8-12-9(13-15-8)10(11)5-3-6-10;/h2-7,11H2,1H3;1H. The summed E-state index contributed by atoms with van der Waals surface area (Å²) in [7, 11) is 0. The van der Waals surface area contributed by atoms with Gasteiger partial charge >= 0.3 is 0 Å². The van der Waals surface area contributed by atoms with E-state index in [4.69, 9.17) is 15.0 Å². The number of hydrogen-bond acceptors (Lipinski definition) is 5. The smallest absolute Gasteiger partial charge is 0.229 e. The van der Waals surface area contributed by atoms with Crippen LogP contribution in [-0.2, 0) is 16.7 Å². The molecule has 5 nitrogen and oxygen atoms in total. The topological polar surface area (TPSA) is 74.2 Å². The third kappa shape index (κ3) is 2.72. The van der Waals surface area contributed by atoms with E-state index < -0.39 is 0 Å². The van der Waals surface area contributed by atoms with Gasteiger partial charge < -0.3 is 15.0 Å². The number of rotatable bonds is 5. The third-order valence-electron chi connectivity index (χ3n) is 2.82. The summed E-state index contributed by atoms with van der Waals surface area (Å²) in [6.07, 6.45) is 3.73. The van der Waals surface area contributed by atoms with Gasteiger partial charge in [0.2, 0.25) is 5.89 Å². The van der Waals surface area contributed by atoms with Crippen LogP contribution in [0.2, 0.25) is 0 Å². The van der Waals surface area contributed by atoms with Gasteiger partial charge in [-0.05, 0) is 26.2 Å². The van der Waals surface area contributed by atoms with Crippen LogP contribution in [0, 0.1) is 0 Å². The van der Waals surface area contributed by atoms with Gasteiger partial charge in [-0.1, -0.05) is 5.16 Å². The van der Waals surface area contributed by atoms with Crippen molar-refractivity contribution in [2.24, 2.45) is 5.73 Å². The van der Waals surface area contributed by atoms with Crippen molar-refractivity contribution in [3.05, 3.63) is 11.7 Å². The average molecular weight is 248 g/mol. The third-order valence-corrected chi connectivity index (χ3v) is 2.82. The van der Waals surface area contributed by atoms with Crippen molar-refractivity contribution < 1.29 is 9.26 Å². The highest BCUT2D eigenvalue weighted by atomic mass is 35.5. The lowest BCUT2D eigenvalue weighted by Crippen LogP contribution is -2.44. The zero-order chi connectivity index (χ0) is 10.7. The molecule has 0 unspecified atom stereocenters. The van der Waals surface area contributed by atoms with Crippen molar-refractivity contribution >= 4 is 12.4 Å². The van der Waals surface area contributed by atoms with Gasteiger partial charge in [-0.25, -0.2) is 0 Å². The van der Waals surface area contributed by atoms with Crippen molar-refractivity contribution in [1.29, 1.82) is 0 Å². The minimum Gasteiger partial charge on any atom is -0.381 e. The van der Waals surface area contributed by atoms with Crippen molar-refractivity contribution in [3.63, 3.8) is 0 Å². The van der Waals surface area contributed by atoms with Gasteiger partial charge in [-0.15, -0.1) is 12.4 Å². The highest BCUT2D eigenvalue weighted by Crippen LogP contribution is 2.36. The number of nitrogens with two attached hydrogens (primary N) is 1. The molecule has 1 aliphatic rings. The van der Waals surface area contributed by atoms with E-state index in [9.17, 15) is 0 Å². The first-order valence-electron chi connectivity index (χ1n) is 5.44. The molecule has 0 amide bonds. The molecule has 1 fully saturated rings. The van der Waals surface area contributed by atoms with Crippen LogP contribution in [-0.4, -0.2) is 23.4 Å². The Morgan fingerprint density at radius 1 is 1.50 bits per heavy atom. The van der Waals surface area contributed by atoms with E-state index in [1.54, 1.807) is 0 Å². The lowest BCUT2D eigenvalue weighted by atomic mass is 9.77. The van der Waals surface area contributed by atoms with Crippen LogP contribution in [0.4, 0.5) is 0 Å². The number of nitrogens with zero attached hydrogens (tertiary/aromatic N) is 2. The Morgan fingerprint density at radius 3 is 2.81 bits per heavy atom. The van der Waals surface area contributed by atoms with Crippen molar-refractivity contribution in [1.82, 2.24) is 10.1 Å². The van der Waals surface area contributed by atoms with E-state index in [0.717, 1.165) is 19.3 Å². The summed E-state index contributed by atoms with van der Waals surface area (Å²) >= 11 is 0. The summed E-state index contributed by atoms with van der Waals surface area (Å²) in [4.78, 5) is 4.29. The quantitative estimate of drug-likeness (QED) is 0.797. The molecule has 0 spiro atoms. The second kappa shape index (κ2) is 5.61. The molecule has 1 aromatic rings. The normalized spacial score (nSPS) is 17.6. The van der Waals surface area contributed by atoms with Crippen LogP contribution in [0.15, 0.2) is 4.52 Å². The number of hydrogen-bond donors (Lipinski definition) is 1. The number of ether oxygens (including phenoxy) is 1. The predicted octanol–water partition coefficient (Wildman–Crippen LogP) is 1.41. The van der Waals surface area contributed by atoms with Gasteiger partial charge in [0, 0.05) is 6.61 Å². The first-order valence-corrected chi connectivity index (χ1v) is 5.44. The molecule has 1 aliphatic carbocycles. The second-order valence-corrected chi connectivity index (χ2v) is 3.97. The van der Waals surface area contributed by atoms with Crippen LogP contribution in [0.25, 0.3) is 0 Å². The Bertz CT molecular complexity index is 326. The highest BCUT2D eigenvalue weighted by molar-refractivity contribution is 5.85.